The minimum atomic E-state index is -0.635. The van der Waals surface area contributed by atoms with Crippen molar-refractivity contribution in [2.45, 2.75) is 89.9 Å². The van der Waals surface area contributed by atoms with Crippen molar-refractivity contribution in [1.29, 1.82) is 0 Å². The summed E-state index contributed by atoms with van der Waals surface area (Å²) in [6.45, 7) is 12.0. The fourth-order valence-electron chi connectivity index (χ4n) is 5.51. The number of hydrogen-bond acceptors (Lipinski definition) is 1. The van der Waals surface area contributed by atoms with Crippen LogP contribution in [0, 0.1) is 23.5 Å². The molecule has 2 saturated carbocycles. The zero-order valence-electron chi connectivity index (χ0n) is 20.3. The lowest BCUT2D eigenvalue weighted by molar-refractivity contribution is 0.243. The van der Waals surface area contributed by atoms with Crippen LogP contribution in [0.25, 0.3) is 0 Å². The van der Waals surface area contributed by atoms with Crippen LogP contribution in [0.5, 0.6) is 0 Å². The summed E-state index contributed by atoms with van der Waals surface area (Å²) in [7, 11) is 0. The van der Waals surface area contributed by atoms with Crippen LogP contribution in [0.4, 0.5) is 13.2 Å². The van der Waals surface area contributed by atoms with E-state index < -0.39 is 11.6 Å². The molecule has 182 valence electrons. The van der Waals surface area contributed by atoms with Gasteiger partial charge in [0.1, 0.15) is 11.6 Å². The highest BCUT2D eigenvalue weighted by atomic mass is 19.2. The van der Waals surface area contributed by atoms with Crippen molar-refractivity contribution in [3.63, 3.8) is 0 Å². The van der Waals surface area contributed by atoms with Gasteiger partial charge < -0.3 is 4.74 Å². The fraction of sp³-hybridized carbons (Fsp3) is 0.586. The SMILES string of the molecule is C=C(/C=C(/F)C(=C)CCC1CCC(c2ccc(C3CCC(C)CC3)c(F)c2F)CC1)OCC. The molecule has 0 unspecified atom stereocenters. The molecule has 0 saturated heterocycles. The van der Waals surface area contributed by atoms with E-state index in [9.17, 15) is 8.78 Å². The van der Waals surface area contributed by atoms with E-state index in [0.717, 1.165) is 57.8 Å². The van der Waals surface area contributed by atoms with E-state index in [1.54, 1.807) is 0 Å². The lowest BCUT2D eigenvalue weighted by atomic mass is 9.75. The van der Waals surface area contributed by atoms with Crippen LogP contribution < -0.4 is 0 Å². The smallest absolute Gasteiger partial charge is 0.162 e. The second-order valence-corrected chi connectivity index (χ2v) is 10.1. The number of hydrogen-bond donors (Lipinski definition) is 0. The third-order valence-electron chi connectivity index (χ3n) is 7.69. The van der Waals surface area contributed by atoms with Gasteiger partial charge in [-0.1, -0.05) is 45.1 Å². The third kappa shape index (κ3) is 6.77. The molecule has 1 aromatic rings. The van der Waals surface area contributed by atoms with E-state index >= 15 is 4.39 Å². The number of ether oxygens (including phenoxy) is 1. The van der Waals surface area contributed by atoms with Crippen molar-refractivity contribution in [1.82, 2.24) is 0 Å². The number of halogens is 3. The molecule has 0 bridgehead atoms. The minimum absolute atomic E-state index is 0.0607. The molecule has 1 aromatic carbocycles. The van der Waals surface area contributed by atoms with Crippen LogP contribution in [-0.2, 0) is 4.74 Å². The molecule has 1 nitrogen and oxygen atoms in total. The van der Waals surface area contributed by atoms with E-state index in [1.807, 2.05) is 19.1 Å². The van der Waals surface area contributed by atoms with Crippen LogP contribution in [0.2, 0.25) is 0 Å². The number of allylic oxidation sites excluding steroid dienone is 3. The summed E-state index contributed by atoms with van der Waals surface area (Å²) < 4.78 is 49.4. The Labute approximate surface area is 197 Å². The second kappa shape index (κ2) is 11.9. The second-order valence-electron chi connectivity index (χ2n) is 10.1. The van der Waals surface area contributed by atoms with Gasteiger partial charge in [0.15, 0.2) is 11.6 Å². The van der Waals surface area contributed by atoms with Crippen LogP contribution in [0.15, 0.2) is 48.5 Å². The average Bonchev–Trinajstić information content (AvgIpc) is 2.80. The summed E-state index contributed by atoms with van der Waals surface area (Å²) in [6.07, 6.45) is 10.4. The molecular weight excluding hydrogens is 421 g/mol. The molecule has 33 heavy (non-hydrogen) atoms. The Hall–Kier alpha value is -1.97. The van der Waals surface area contributed by atoms with Crippen LogP contribution in [0.3, 0.4) is 0 Å². The molecule has 0 atom stereocenters. The van der Waals surface area contributed by atoms with Gasteiger partial charge in [0.05, 0.1) is 6.61 Å². The molecule has 3 rings (SSSR count). The Morgan fingerprint density at radius 1 is 0.939 bits per heavy atom. The van der Waals surface area contributed by atoms with Crippen molar-refractivity contribution >= 4 is 0 Å². The summed E-state index contributed by atoms with van der Waals surface area (Å²) in [5, 5.41) is 0. The van der Waals surface area contributed by atoms with E-state index in [4.69, 9.17) is 4.74 Å². The van der Waals surface area contributed by atoms with Crippen molar-refractivity contribution in [3.8, 4) is 0 Å². The molecule has 0 amide bonds. The molecule has 2 fully saturated rings. The van der Waals surface area contributed by atoms with Gasteiger partial charge in [-0.15, -0.1) is 0 Å². The van der Waals surface area contributed by atoms with Crippen LogP contribution >= 0.6 is 0 Å². The fourth-order valence-corrected chi connectivity index (χ4v) is 5.51. The molecule has 0 N–H and O–H groups in total. The van der Waals surface area contributed by atoms with Gasteiger partial charge in [0.2, 0.25) is 0 Å². The van der Waals surface area contributed by atoms with Gasteiger partial charge in [0, 0.05) is 6.08 Å². The van der Waals surface area contributed by atoms with Crippen LogP contribution in [0.1, 0.15) is 101 Å². The Kier molecular flexibility index (Phi) is 9.28. The number of rotatable bonds is 9. The molecule has 0 spiro atoms. The Balaban J connectivity index is 1.52. The molecule has 0 heterocycles. The van der Waals surface area contributed by atoms with E-state index in [0.29, 0.717) is 47.3 Å². The first-order valence-corrected chi connectivity index (χ1v) is 12.6. The maximum Gasteiger partial charge on any atom is 0.162 e. The maximum atomic E-state index is 15.0. The lowest BCUT2D eigenvalue weighted by Gasteiger charge is -2.30. The zero-order valence-corrected chi connectivity index (χ0v) is 20.3. The Morgan fingerprint density at radius 3 is 1.97 bits per heavy atom. The van der Waals surface area contributed by atoms with Gasteiger partial charge in [-0.25, -0.2) is 13.2 Å². The van der Waals surface area contributed by atoms with E-state index in [2.05, 4.69) is 20.1 Å². The highest BCUT2D eigenvalue weighted by molar-refractivity contribution is 5.32. The van der Waals surface area contributed by atoms with Gasteiger partial charge in [-0.3, -0.25) is 0 Å². The topological polar surface area (TPSA) is 9.23 Å². The quantitative estimate of drug-likeness (QED) is 0.263. The van der Waals surface area contributed by atoms with Gasteiger partial charge in [0.25, 0.3) is 0 Å². The Morgan fingerprint density at radius 2 is 1.45 bits per heavy atom. The first-order valence-electron chi connectivity index (χ1n) is 12.6. The third-order valence-corrected chi connectivity index (χ3v) is 7.69. The van der Waals surface area contributed by atoms with E-state index in [-0.39, 0.29) is 17.7 Å². The number of benzene rings is 1. The highest BCUT2D eigenvalue weighted by Crippen LogP contribution is 2.42. The highest BCUT2D eigenvalue weighted by Gasteiger charge is 2.29. The predicted molar refractivity (Wildman–Crippen MR) is 130 cm³/mol. The zero-order chi connectivity index (χ0) is 24.0. The Bertz CT molecular complexity index is 856. The van der Waals surface area contributed by atoms with Crippen molar-refractivity contribution in [2.24, 2.45) is 11.8 Å². The maximum absolute atomic E-state index is 15.0. The van der Waals surface area contributed by atoms with E-state index in [1.165, 1.54) is 6.08 Å². The molecule has 2 aliphatic carbocycles. The summed E-state index contributed by atoms with van der Waals surface area (Å²) in [4.78, 5) is 0. The first-order chi connectivity index (χ1) is 15.8. The monoisotopic (exact) mass is 460 g/mol. The van der Waals surface area contributed by atoms with Gasteiger partial charge >= 0.3 is 0 Å². The predicted octanol–water partition coefficient (Wildman–Crippen LogP) is 9.27. The largest absolute Gasteiger partial charge is 0.494 e. The molecule has 0 aromatic heterocycles. The average molecular weight is 461 g/mol. The molecule has 2 aliphatic rings. The lowest BCUT2D eigenvalue weighted by Crippen LogP contribution is -2.17. The molecular formula is C29H39F3O. The van der Waals surface area contributed by atoms with Crippen LogP contribution in [-0.4, -0.2) is 6.61 Å². The summed E-state index contributed by atoms with van der Waals surface area (Å²) in [6, 6.07) is 3.68. The minimum Gasteiger partial charge on any atom is -0.494 e. The van der Waals surface area contributed by atoms with Crippen molar-refractivity contribution in [3.05, 3.63) is 71.3 Å². The normalized spacial score (nSPS) is 26.2. The van der Waals surface area contributed by atoms with Gasteiger partial charge in [-0.2, -0.15) is 0 Å². The molecule has 4 heteroatoms. The van der Waals surface area contributed by atoms with Gasteiger partial charge in [-0.05, 0) is 98.7 Å². The first kappa shape index (κ1) is 25.6. The van der Waals surface area contributed by atoms with Crippen molar-refractivity contribution < 1.29 is 17.9 Å². The standard InChI is InChI=1S/C29H39F3O/c1-5-33-21(4)18-27(30)20(3)8-9-22-10-14-24(15-11-22)26-17-16-25(28(31)29(26)32)23-12-6-19(2)7-13-23/h16-19,22-24H,3-15H2,1-2H3/b27-18+. The molecule has 0 radical (unpaired) electrons. The molecule has 0 aliphatic heterocycles. The summed E-state index contributed by atoms with van der Waals surface area (Å²) in [5.74, 6) is 0.00707. The van der Waals surface area contributed by atoms with Crippen molar-refractivity contribution in [2.75, 3.05) is 6.61 Å². The summed E-state index contributed by atoms with van der Waals surface area (Å²) in [5.41, 5.74) is 1.56. The summed E-state index contributed by atoms with van der Waals surface area (Å²) >= 11 is 0.